The SMILES string of the molecule is CCc1ccc(S(=O)(=O)N(CCCO)C2CCC2)s1. The molecular formula is C13H21NO3S2. The van der Waals surface area contributed by atoms with Crippen LogP contribution in [-0.4, -0.2) is 37.0 Å². The van der Waals surface area contributed by atoms with E-state index in [1.54, 1.807) is 10.4 Å². The van der Waals surface area contributed by atoms with Gasteiger partial charge < -0.3 is 5.11 Å². The molecule has 108 valence electrons. The van der Waals surface area contributed by atoms with E-state index in [9.17, 15) is 8.42 Å². The predicted molar refractivity (Wildman–Crippen MR) is 76.9 cm³/mol. The van der Waals surface area contributed by atoms with Gasteiger partial charge in [-0.3, -0.25) is 0 Å². The zero-order valence-electron chi connectivity index (χ0n) is 11.2. The highest BCUT2D eigenvalue weighted by atomic mass is 32.2. The van der Waals surface area contributed by atoms with Crippen molar-refractivity contribution in [1.29, 1.82) is 0 Å². The quantitative estimate of drug-likeness (QED) is 0.840. The molecule has 4 nitrogen and oxygen atoms in total. The first-order valence-corrected chi connectivity index (χ1v) is 9.06. The molecule has 0 radical (unpaired) electrons. The molecule has 1 aliphatic rings. The van der Waals surface area contributed by atoms with Crippen LogP contribution >= 0.6 is 11.3 Å². The lowest BCUT2D eigenvalue weighted by molar-refractivity contribution is 0.199. The summed E-state index contributed by atoms with van der Waals surface area (Å²) in [7, 11) is -3.38. The Balaban J connectivity index is 2.22. The van der Waals surface area contributed by atoms with Gasteiger partial charge in [-0.15, -0.1) is 11.3 Å². The minimum absolute atomic E-state index is 0.0311. The molecule has 6 heteroatoms. The smallest absolute Gasteiger partial charge is 0.252 e. The van der Waals surface area contributed by atoms with Crippen molar-refractivity contribution in [3.05, 3.63) is 17.0 Å². The summed E-state index contributed by atoms with van der Waals surface area (Å²) >= 11 is 1.36. The van der Waals surface area contributed by atoms with Gasteiger partial charge in [-0.25, -0.2) is 8.42 Å². The molecule has 0 bridgehead atoms. The first-order valence-electron chi connectivity index (χ1n) is 6.81. The molecule has 0 saturated heterocycles. The maximum atomic E-state index is 12.7. The topological polar surface area (TPSA) is 57.6 Å². The van der Waals surface area contributed by atoms with Crippen LogP contribution in [-0.2, 0) is 16.4 Å². The van der Waals surface area contributed by atoms with Gasteiger partial charge in [-0.2, -0.15) is 4.31 Å². The molecule has 19 heavy (non-hydrogen) atoms. The summed E-state index contributed by atoms with van der Waals surface area (Å²) < 4.78 is 27.3. The van der Waals surface area contributed by atoms with Crippen molar-refractivity contribution >= 4 is 21.4 Å². The van der Waals surface area contributed by atoms with E-state index in [1.165, 1.54) is 11.3 Å². The van der Waals surface area contributed by atoms with Crippen molar-refractivity contribution in [3.63, 3.8) is 0 Å². The van der Waals surface area contributed by atoms with E-state index in [-0.39, 0.29) is 12.6 Å². The van der Waals surface area contributed by atoms with Gasteiger partial charge in [0.25, 0.3) is 10.0 Å². The fourth-order valence-electron chi connectivity index (χ4n) is 2.20. The third kappa shape index (κ3) is 3.18. The number of hydrogen-bond acceptors (Lipinski definition) is 4. The lowest BCUT2D eigenvalue weighted by atomic mass is 9.93. The number of aryl methyl sites for hydroxylation is 1. The Morgan fingerprint density at radius 2 is 2.16 bits per heavy atom. The molecule has 0 atom stereocenters. The third-order valence-electron chi connectivity index (χ3n) is 3.57. The molecule has 0 unspecified atom stereocenters. The Morgan fingerprint density at radius 1 is 1.42 bits per heavy atom. The summed E-state index contributed by atoms with van der Waals surface area (Å²) in [5.74, 6) is 0. The average molecular weight is 303 g/mol. The summed E-state index contributed by atoms with van der Waals surface area (Å²) in [6, 6.07) is 3.73. The maximum Gasteiger partial charge on any atom is 0.252 e. The van der Waals surface area contributed by atoms with Crippen molar-refractivity contribution < 1.29 is 13.5 Å². The van der Waals surface area contributed by atoms with Gasteiger partial charge in [0.15, 0.2) is 0 Å². The molecule has 1 fully saturated rings. The molecule has 0 aromatic carbocycles. The normalized spacial score (nSPS) is 16.8. The van der Waals surface area contributed by atoms with Crippen molar-refractivity contribution in [2.45, 2.75) is 49.3 Å². The van der Waals surface area contributed by atoms with Crippen LogP contribution in [0.5, 0.6) is 0 Å². The zero-order valence-corrected chi connectivity index (χ0v) is 12.8. The summed E-state index contributed by atoms with van der Waals surface area (Å²) in [5.41, 5.74) is 0. The summed E-state index contributed by atoms with van der Waals surface area (Å²) in [6.45, 7) is 2.48. The van der Waals surface area contributed by atoms with Crippen LogP contribution in [0.3, 0.4) is 0 Å². The second kappa shape index (κ2) is 6.35. The Hall–Kier alpha value is -0.430. The van der Waals surface area contributed by atoms with Gasteiger partial charge in [-0.1, -0.05) is 13.3 Å². The molecule has 0 amide bonds. The van der Waals surface area contributed by atoms with E-state index in [4.69, 9.17) is 5.11 Å². The number of aliphatic hydroxyl groups is 1. The highest BCUT2D eigenvalue weighted by Crippen LogP contribution is 2.32. The Labute approximate surface area is 119 Å². The van der Waals surface area contributed by atoms with Gasteiger partial charge in [0.2, 0.25) is 0 Å². The average Bonchev–Trinajstić information content (AvgIpc) is 2.81. The zero-order chi connectivity index (χ0) is 13.9. The molecule has 1 saturated carbocycles. The molecule has 1 N–H and O–H groups in total. The van der Waals surface area contributed by atoms with Crippen molar-refractivity contribution in [2.24, 2.45) is 0 Å². The van der Waals surface area contributed by atoms with E-state index in [1.807, 2.05) is 13.0 Å². The molecule has 1 aliphatic carbocycles. The first-order chi connectivity index (χ1) is 9.09. The second-order valence-electron chi connectivity index (χ2n) is 4.85. The molecule has 2 rings (SSSR count). The van der Waals surface area contributed by atoms with E-state index in [0.29, 0.717) is 17.2 Å². The minimum atomic E-state index is -3.38. The molecular weight excluding hydrogens is 282 g/mol. The van der Waals surface area contributed by atoms with E-state index >= 15 is 0 Å². The molecule has 1 heterocycles. The van der Waals surface area contributed by atoms with Crippen LogP contribution in [0.25, 0.3) is 0 Å². The molecule has 0 aliphatic heterocycles. The first kappa shape index (κ1) is 15.0. The number of hydrogen-bond donors (Lipinski definition) is 1. The van der Waals surface area contributed by atoms with Crippen LogP contribution in [0, 0.1) is 0 Å². The maximum absolute atomic E-state index is 12.7. The van der Waals surface area contributed by atoms with Gasteiger partial charge in [0.1, 0.15) is 4.21 Å². The van der Waals surface area contributed by atoms with E-state index < -0.39 is 10.0 Å². The van der Waals surface area contributed by atoms with Crippen LogP contribution in [0.2, 0.25) is 0 Å². The number of aliphatic hydroxyl groups excluding tert-OH is 1. The number of nitrogens with zero attached hydrogens (tertiary/aromatic N) is 1. The number of thiophene rings is 1. The van der Waals surface area contributed by atoms with Gasteiger partial charge in [0.05, 0.1) is 0 Å². The Kier molecular flexibility index (Phi) is 5.00. The minimum Gasteiger partial charge on any atom is -0.396 e. The van der Waals surface area contributed by atoms with Gasteiger partial charge >= 0.3 is 0 Å². The van der Waals surface area contributed by atoms with Crippen molar-refractivity contribution in [2.75, 3.05) is 13.2 Å². The highest BCUT2D eigenvalue weighted by molar-refractivity contribution is 7.91. The Morgan fingerprint density at radius 3 is 2.63 bits per heavy atom. The van der Waals surface area contributed by atoms with Crippen LogP contribution in [0.4, 0.5) is 0 Å². The largest absolute Gasteiger partial charge is 0.396 e. The van der Waals surface area contributed by atoms with E-state index in [0.717, 1.165) is 30.6 Å². The van der Waals surface area contributed by atoms with Crippen molar-refractivity contribution in [1.82, 2.24) is 4.31 Å². The van der Waals surface area contributed by atoms with Crippen LogP contribution in [0.1, 0.15) is 37.5 Å². The standard InChI is InChI=1S/C13H21NO3S2/c1-2-12-7-8-13(18-12)19(16,17)14(9-4-10-15)11-5-3-6-11/h7-8,11,15H,2-6,9-10H2,1H3. The fourth-order valence-corrected chi connectivity index (χ4v) is 5.35. The van der Waals surface area contributed by atoms with Gasteiger partial charge in [-0.05, 0) is 37.8 Å². The van der Waals surface area contributed by atoms with Crippen molar-refractivity contribution in [3.8, 4) is 0 Å². The summed E-state index contributed by atoms with van der Waals surface area (Å²) in [6.07, 6.45) is 4.34. The van der Waals surface area contributed by atoms with Crippen LogP contribution < -0.4 is 0 Å². The second-order valence-corrected chi connectivity index (χ2v) is 8.14. The van der Waals surface area contributed by atoms with E-state index in [2.05, 4.69) is 0 Å². The summed E-state index contributed by atoms with van der Waals surface area (Å²) in [5, 5.41) is 8.95. The van der Waals surface area contributed by atoms with Gasteiger partial charge in [0, 0.05) is 24.1 Å². The molecule has 0 spiro atoms. The Bertz CT molecular complexity index is 506. The number of rotatable bonds is 7. The third-order valence-corrected chi connectivity index (χ3v) is 7.22. The fraction of sp³-hybridized carbons (Fsp3) is 0.692. The predicted octanol–water partition coefficient (Wildman–Crippen LogP) is 2.24. The lowest BCUT2D eigenvalue weighted by Crippen LogP contribution is -2.44. The lowest BCUT2D eigenvalue weighted by Gasteiger charge is -2.36. The molecule has 1 aromatic heterocycles. The van der Waals surface area contributed by atoms with Crippen LogP contribution in [0.15, 0.2) is 16.3 Å². The highest BCUT2D eigenvalue weighted by Gasteiger charge is 2.35. The summed E-state index contributed by atoms with van der Waals surface area (Å²) in [4.78, 5) is 1.09. The monoisotopic (exact) mass is 303 g/mol. The number of sulfonamides is 1. The molecule has 1 aromatic rings.